The molecule has 3 heteroatoms. The van der Waals surface area contributed by atoms with Gasteiger partial charge in [-0.25, -0.2) is 0 Å². The molecule has 0 aromatic rings. The minimum absolute atomic E-state index is 0.00815. The summed E-state index contributed by atoms with van der Waals surface area (Å²) in [4.78, 5) is 43.8. The average Bonchev–Trinajstić information content (AvgIpc) is 3.00. The molecule has 6 aliphatic rings. The second kappa shape index (κ2) is 9.59. The van der Waals surface area contributed by atoms with Crippen molar-refractivity contribution in [3.05, 3.63) is 106 Å². The second-order valence-electron chi connectivity index (χ2n) is 14.3. The van der Waals surface area contributed by atoms with Crippen molar-refractivity contribution in [1.29, 1.82) is 0 Å². The van der Waals surface area contributed by atoms with Crippen LogP contribution in [0.3, 0.4) is 0 Å². The van der Waals surface area contributed by atoms with Crippen LogP contribution in [0, 0.1) is 46.8 Å². The van der Waals surface area contributed by atoms with Crippen molar-refractivity contribution in [3.63, 3.8) is 0 Å². The van der Waals surface area contributed by atoms with Gasteiger partial charge in [0.2, 0.25) is 0 Å². The average molecular weight is 561 g/mol. The highest BCUT2D eigenvalue weighted by Gasteiger charge is 2.62. The molecule has 0 saturated heterocycles. The van der Waals surface area contributed by atoms with Crippen molar-refractivity contribution in [1.82, 2.24) is 0 Å². The zero-order valence-corrected chi connectivity index (χ0v) is 26.2. The predicted molar refractivity (Wildman–Crippen MR) is 169 cm³/mol. The Labute approximate surface area is 251 Å². The fraction of sp³-hybridized carbons (Fsp3) is 0.462. The smallest absolute Gasteiger partial charge is 0.188 e. The van der Waals surface area contributed by atoms with E-state index >= 15 is 4.79 Å². The van der Waals surface area contributed by atoms with Gasteiger partial charge in [0, 0.05) is 34.5 Å². The molecule has 0 aromatic heterocycles. The van der Waals surface area contributed by atoms with Crippen LogP contribution in [0.5, 0.6) is 0 Å². The molecule has 0 aromatic carbocycles. The van der Waals surface area contributed by atoms with Gasteiger partial charge in [0.1, 0.15) is 0 Å². The zero-order valence-electron chi connectivity index (χ0n) is 26.2. The maximum Gasteiger partial charge on any atom is 0.188 e. The number of fused-ring (bicyclic) bond motifs is 7. The fourth-order valence-electron chi connectivity index (χ4n) is 9.50. The molecule has 3 nitrogen and oxygen atoms in total. The largest absolute Gasteiger partial charge is 0.293 e. The van der Waals surface area contributed by atoms with E-state index in [0.29, 0.717) is 22.3 Å². The van der Waals surface area contributed by atoms with E-state index in [2.05, 4.69) is 52.3 Å². The zero-order chi connectivity index (χ0) is 30.6. The molecule has 0 unspecified atom stereocenters. The monoisotopic (exact) mass is 560 g/mol. The number of allylic oxidation sites excluding steroid dienone is 14. The van der Waals surface area contributed by atoms with E-state index in [9.17, 15) is 9.59 Å². The summed E-state index contributed by atoms with van der Waals surface area (Å²) in [6, 6.07) is 0. The van der Waals surface area contributed by atoms with Crippen molar-refractivity contribution in [2.24, 2.45) is 46.8 Å². The van der Waals surface area contributed by atoms with Crippen LogP contribution in [0.4, 0.5) is 0 Å². The van der Waals surface area contributed by atoms with Gasteiger partial charge in [-0.1, -0.05) is 72.4 Å². The molecule has 0 spiro atoms. The van der Waals surface area contributed by atoms with Crippen molar-refractivity contribution >= 4 is 17.3 Å². The highest BCUT2D eigenvalue weighted by molar-refractivity contribution is 6.22. The van der Waals surface area contributed by atoms with Crippen LogP contribution in [0.15, 0.2) is 106 Å². The molecule has 0 bridgehead atoms. The number of carbonyl (C=O) groups excluding carboxylic acids is 3. The summed E-state index contributed by atoms with van der Waals surface area (Å²) >= 11 is 0. The Bertz CT molecular complexity index is 1590. The third-order valence-electron chi connectivity index (χ3n) is 11.8. The topological polar surface area (TPSA) is 51.2 Å². The van der Waals surface area contributed by atoms with Gasteiger partial charge in [0.25, 0.3) is 0 Å². The third kappa shape index (κ3) is 3.68. The van der Waals surface area contributed by atoms with Gasteiger partial charge in [-0.2, -0.15) is 0 Å². The van der Waals surface area contributed by atoms with Gasteiger partial charge >= 0.3 is 0 Å². The van der Waals surface area contributed by atoms with E-state index in [1.54, 1.807) is 0 Å². The van der Waals surface area contributed by atoms with E-state index in [1.807, 2.05) is 33.8 Å². The van der Waals surface area contributed by atoms with Crippen molar-refractivity contribution < 1.29 is 14.4 Å². The third-order valence-corrected chi connectivity index (χ3v) is 11.8. The Hall–Kier alpha value is -3.33. The lowest BCUT2D eigenvalue weighted by atomic mass is 9.56. The van der Waals surface area contributed by atoms with Gasteiger partial charge in [-0.15, -0.1) is 0 Å². The van der Waals surface area contributed by atoms with Crippen LogP contribution in [-0.2, 0) is 14.4 Å². The first kappa shape index (κ1) is 28.8. The molecule has 0 heterocycles. The quantitative estimate of drug-likeness (QED) is 0.319. The van der Waals surface area contributed by atoms with Crippen LogP contribution >= 0.6 is 0 Å². The molecule has 6 rings (SSSR count). The number of carbonyl (C=O) groups is 3. The molecular formula is C39H44O3. The number of hydrogen-bond acceptors (Lipinski definition) is 3. The lowest BCUT2D eigenvalue weighted by Gasteiger charge is -2.46. The lowest BCUT2D eigenvalue weighted by molar-refractivity contribution is -0.123. The molecule has 0 radical (unpaired) electrons. The summed E-state index contributed by atoms with van der Waals surface area (Å²) in [5.74, 6) is -0.582. The molecule has 6 aliphatic carbocycles. The van der Waals surface area contributed by atoms with Gasteiger partial charge in [0.15, 0.2) is 17.3 Å². The Balaban J connectivity index is 1.67. The van der Waals surface area contributed by atoms with Gasteiger partial charge in [-0.05, 0) is 108 Å². The molecule has 2 fully saturated rings. The molecule has 218 valence electrons. The number of Topliss-reactive ketones (excluding diaryl/α,β-unsaturated/α-hetero) is 3. The van der Waals surface area contributed by atoms with Gasteiger partial charge < -0.3 is 0 Å². The number of ketones is 3. The van der Waals surface area contributed by atoms with Crippen molar-refractivity contribution in [2.75, 3.05) is 0 Å². The maximum atomic E-state index is 15.0. The van der Waals surface area contributed by atoms with E-state index < -0.39 is 11.3 Å². The minimum Gasteiger partial charge on any atom is -0.293 e. The van der Waals surface area contributed by atoms with E-state index in [1.165, 1.54) is 0 Å². The Morgan fingerprint density at radius 2 is 1.29 bits per heavy atom. The van der Waals surface area contributed by atoms with Crippen molar-refractivity contribution in [2.45, 2.75) is 67.2 Å². The van der Waals surface area contributed by atoms with Gasteiger partial charge in [-0.3, -0.25) is 14.4 Å². The van der Waals surface area contributed by atoms with E-state index in [-0.39, 0.29) is 52.9 Å². The summed E-state index contributed by atoms with van der Waals surface area (Å²) in [6.45, 7) is 29.6. The fourth-order valence-corrected chi connectivity index (χ4v) is 9.50. The molecule has 8 atom stereocenters. The van der Waals surface area contributed by atoms with E-state index in [4.69, 9.17) is 0 Å². The van der Waals surface area contributed by atoms with Crippen LogP contribution in [0.2, 0.25) is 0 Å². The summed E-state index contributed by atoms with van der Waals surface area (Å²) in [5, 5.41) is 0. The molecule has 0 amide bonds. The van der Waals surface area contributed by atoms with E-state index in [0.717, 1.165) is 64.7 Å². The summed E-state index contributed by atoms with van der Waals surface area (Å²) in [5.41, 5.74) is 8.40. The molecular weight excluding hydrogens is 516 g/mol. The number of rotatable bonds is 2. The molecule has 0 aliphatic heterocycles. The SMILES string of the molecule is C=C1CC[C@H](C(=C)C)[C@H]2C=C(C)C(=O)C3=C(C(=O)[C@]4(C)C(C)=CC5=C([C@@H]6C(=C)CC[C@H](C(=C)C)[C@H]6C=C(C)C5=O)[C@H]34)[C@H]12. The molecule has 0 N–H and O–H groups in total. The predicted octanol–water partition coefficient (Wildman–Crippen LogP) is 8.35. The lowest BCUT2D eigenvalue weighted by Crippen LogP contribution is -2.43. The van der Waals surface area contributed by atoms with Crippen LogP contribution in [-0.4, -0.2) is 17.3 Å². The Morgan fingerprint density at radius 1 is 0.786 bits per heavy atom. The minimum atomic E-state index is -0.947. The molecule has 2 saturated carbocycles. The summed E-state index contributed by atoms with van der Waals surface area (Å²) < 4.78 is 0. The Kier molecular flexibility index (Phi) is 6.57. The van der Waals surface area contributed by atoms with Crippen molar-refractivity contribution in [3.8, 4) is 0 Å². The molecule has 42 heavy (non-hydrogen) atoms. The number of hydrogen-bond donors (Lipinski definition) is 0. The van der Waals surface area contributed by atoms with Crippen LogP contribution in [0.1, 0.15) is 67.2 Å². The van der Waals surface area contributed by atoms with Crippen LogP contribution in [0.25, 0.3) is 0 Å². The summed E-state index contributed by atoms with van der Waals surface area (Å²) in [7, 11) is 0. The first-order valence-corrected chi connectivity index (χ1v) is 15.6. The van der Waals surface area contributed by atoms with Gasteiger partial charge in [0.05, 0.1) is 5.41 Å². The standard InChI is InChI=1S/C39H44O3/c1-18(2)25-13-11-20(5)30-27(25)15-22(7)36(40)29-17-24(9)39(10)35(32(29)30)34-33(38(39)42)31-21(6)12-14-26(19(3)4)28(31)16-23(8)37(34)41/h15-17,25-28,30-31,35H,1,3,5-6,11-14H2,2,4,7-10H3/t25-,26-,27-,28-,30-,31-,35-,39-/m1/s1. The maximum absolute atomic E-state index is 15.0. The Morgan fingerprint density at radius 3 is 1.83 bits per heavy atom. The highest BCUT2D eigenvalue weighted by atomic mass is 16.1. The normalized spacial score (nSPS) is 37.9. The summed E-state index contributed by atoms with van der Waals surface area (Å²) in [6.07, 6.45) is 9.69. The highest BCUT2D eigenvalue weighted by Crippen LogP contribution is 2.64. The van der Waals surface area contributed by atoms with Crippen LogP contribution < -0.4 is 0 Å². The first-order chi connectivity index (χ1) is 19.7. The second-order valence-corrected chi connectivity index (χ2v) is 14.3. The first-order valence-electron chi connectivity index (χ1n) is 15.6.